The van der Waals surface area contributed by atoms with E-state index in [2.05, 4.69) is 24.0 Å². The van der Waals surface area contributed by atoms with Crippen LogP contribution in [-0.2, 0) is 13.2 Å². The number of hydrogen-bond donors (Lipinski definition) is 1. The van der Waals surface area contributed by atoms with Gasteiger partial charge in [0, 0.05) is 12.7 Å². The Hall–Kier alpha value is -1.74. The van der Waals surface area contributed by atoms with Crippen molar-refractivity contribution in [2.24, 2.45) is 0 Å². The fourth-order valence-corrected chi connectivity index (χ4v) is 1.90. The van der Waals surface area contributed by atoms with Gasteiger partial charge in [-0.15, -0.1) is 0 Å². The average Bonchev–Trinajstić information content (AvgIpc) is 2.77. The van der Waals surface area contributed by atoms with Crippen LogP contribution in [0.15, 0.2) is 40.8 Å². The lowest BCUT2D eigenvalue weighted by Crippen LogP contribution is -2.16. The molecule has 0 amide bonds. The zero-order valence-corrected chi connectivity index (χ0v) is 10.2. The third-order valence-electron chi connectivity index (χ3n) is 2.79. The summed E-state index contributed by atoms with van der Waals surface area (Å²) >= 11 is 0. The third kappa shape index (κ3) is 2.68. The maximum Gasteiger partial charge on any atom is 0.129 e. The Morgan fingerprint density at radius 3 is 2.47 bits per heavy atom. The van der Waals surface area contributed by atoms with Gasteiger partial charge in [0.2, 0.25) is 0 Å². The number of aryl methyl sites for hydroxylation is 1. The van der Waals surface area contributed by atoms with E-state index in [0.717, 1.165) is 5.76 Å². The number of aliphatic hydroxyl groups excluding tert-OH is 1. The molecule has 0 aliphatic rings. The van der Waals surface area contributed by atoms with Crippen molar-refractivity contribution in [3.63, 3.8) is 0 Å². The van der Waals surface area contributed by atoms with Crippen molar-refractivity contribution < 1.29 is 9.52 Å². The maximum atomic E-state index is 8.94. The standard InChI is InChI=1S/C14H17NO2/c1-11-5-3-4-6-14(11)15(2)9-12-7-8-13(10-16)17-12/h3-8,16H,9-10H2,1-2H3. The topological polar surface area (TPSA) is 36.6 Å². The number of rotatable bonds is 4. The van der Waals surface area contributed by atoms with Crippen molar-refractivity contribution in [1.82, 2.24) is 0 Å². The van der Waals surface area contributed by atoms with Gasteiger partial charge in [-0.05, 0) is 30.7 Å². The summed E-state index contributed by atoms with van der Waals surface area (Å²) in [5.74, 6) is 1.47. The van der Waals surface area contributed by atoms with Crippen LogP contribution in [0, 0.1) is 6.92 Å². The van der Waals surface area contributed by atoms with Crippen molar-refractivity contribution in [3.05, 3.63) is 53.5 Å². The lowest BCUT2D eigenvalue weighted by Gasteiger charge is -2.20. The molecule has 90 valence electrons. The highest BCUT2D eigenvalue weighted by atomic mass is 16.4. The van der Waals surface area contributed by atoms with E-state index in [1.165, 1.54) is 11.3 Å². The number of furan rings is 1. The van der Waals surface area contributed by atoms with Crippen LogP contribution in [0.25, 0.3) is 0 Å². The quantitative estimate of drug-likeness (QED) is 0.879. The Balaban J connectivity index is 2.11. The molecule has 1 aromatic carbocycles. The normalized spacial score (nSPS) is 10.5. The minimum absolute atomic E-state index is 0.0475. The summed E-state index contributed by atoms with van der Waals surface area (Å²) in [6, 6.07) is 11.9. The molecule has 0 fully saturated rings. The van der Waals surface area contributed by atoms with Crippen molar-refractivity contribution in [2.45, 2.75) is 20.1 Å². The first kappa shape index (κ1) is 11.7. The Bertz CT molecular complexity index is 490. The number of nitrogens with zero attached hydrogens (tertiary/aromatic N) is 1. The van der Waals surface area contributed by atoms with Gasteiger partial charge in [-0.3, -0.25) is 0 Å². The van der Waals surface area contributed by atoms with E-state index >= 15 is 0 Å². The minimum atomic E-state index is -0.0475. The molecule has 0 aliphatic carbocycles. The molecule has 1 heterocycles. The molecule has 17 heavy (non-hydrogen) atoms. The summed E-state index contributed by atoms with van der Waals surface area (Å²) in [5.41, 5.74) is 2.43. The van der Waals surface area contributed by atoms with Crippen molar-refractivity contribution >= 4 is 5.69 Å². The number of benzene rings is 1. The summed E-state index contributed by atoms with van der Waals surface area (Å²) in [6.07, 6.45) is 0. The van der Waals surface area contributed by atoms with E-state index < -0.39 is 0 Å². The van der Waals surface area contributed by atoms with Gasteiger partial charge in [0.15, 0.2) is 0 Å². The summed E-state index contributed by atoms with van der Waals surface area (Å²) in [5, 5.41) is 8.94. The zero-order valence-electron chi connectivity index (χ0n) is 10.2. The summed E-state index contributed by atoms with van der Waals surface area (Å²) in [7, 11) is 2.03. The first-order valence-electron chi connectivity index (χ1n) is 5.66. The highest BCUT2D eigenvalue weighted by Gasteiger charge is 2.07. The molecule has 3 nitrogen and oxygen atoms in total. The molecule has 3 heteroatoms. The fraction of sp³-hybridized carbons (Fsp3) is 0.286. The Morgan fingerprint density at radius 2 is 1.82 bits per heavy atom. The Kier molecular flexibility index (Phi) is 3.49. The molecule has 1 N–H and O–H groups in total. The maximum absolute atomic E-state index is 8.94. The highest BCUT2D eigenvalue weighted by Crippen LogP contribution is 2.20. The lowest BCUT2D eigenvalue weighted by molar-refractivity contribution is 0.243. The first-order chi connectivity index (χ1) is 8.20. The van der Waals surface area contributed by atoms with Crippen LogP contribution in [0.2, 0.25) is 0 Å². The number of hydrogen-bond acceptors (Lipinski definition) is 3. The van der Waals surface area contributed by atoms with Crippen LogP contribution >= 0.6 is 0 Å². The molecule has 1 aromatic heterocycles. The van der Waals surface area contributed by atoms with Gasteiger partial charge in [-0.1, -0.05) is 18.2 Å². The lowest BCUT2D eigenvalue weighted by atomic mass is 10.2. The second-order valence-electron chi connectivity index (χ2n) is 4.17. The molecule has 0 radical (unpaired) electrons. The smallest absolute Gasteiger partial charge is 0.129 e. The summed E-state index contributed by atoms with van der Waals surface area (Å²) in [6.45, 7) is 2.74. The SMILES string of the molecule is Cc1ccccc1N(C)Cc1ccc(CO)o1. The molecule has 0 saturated carbocycles. The Labute approximate surface area is 101 Å². The first-order valence-corrected chi connectivity index (χ1v) is 5.66. The second-order valence-corrected chi connectivity index (χ2v) is 4.17. The van der Waals surface area contributed by atoms with Crippen molar-refractivity contribution in [3.8, 4) is 0 Å². The molecular weight excluding hydrogens is 214 g/mol. The molecule has 0 bridgehead atoms. The number of para-hydroxylation sites is 1. The van der Waals surface area contributed by atoms with Gasteiger partial charge in [0.1, 0.15) is 18.1 Å². The molecule has 2 aromatic rings. The van der Waals surface area contributed by atoms with Crippen LogP contribution in [0.1, 0.15) is 17.1 Å². The number of aliphatic hydroxyl groups is 1. The van der Waals surface area contributed by atoms with E-state index in [-0.39, 0.29) is 6.61 Å². The molecule has 0 unspecified atom stereocenters. The van der Waals surface area contributed by atoms with Gasteiger partial charge in [0.25, 0.3) is 0 Å². The summed E-state index contributed by atoms with van der Waals surface area (Å²) in [4.78, 5) is 2.13. The van der Waals surface area contributed by atoms with Crippen LogP contribution in [0.5, 0.6) is 0 Å². The number of anilines is 1. The predicted molar refractivity (Wildman–Crippen MR) is 67.9 cm³/mol. The largest absolute Gasteiger partial charge is 0.462 e. The van der Waals surface area contributed by atoms with Crippen LogP contribution in [-0.4, -0.2) is 12.2 Å². The van der Waals surface area contributed by atoms with Gasteiger partial charge >= 0.3 is 0 Å². The van der Waals surface area contributed by atoms with E-state index in [9.17, 15) is 0 Å². The molecular formula is C14H17NO2. The highest BCUT2D eigenvalue weighted by molar-refractivity contribution is 5.52. The molecule has 2 rings (SSSR count). The van der Waals surface area contributed by atoms with Crippen LogP contribution in [0.4, 0.5) is 5.69 Å². The van der Waals surface area contributed by atoms with Gasteiger partial charge in [0.05, 0.1) is 6.54 Å². The molecule has 0 spiro atoms. The van der Waals surface area contributed by atoms with Crippen molar-refractivity contribution in [1.29, 1.82) is 0 Å². The van der Waals surface area contributed by atoms with Gasteiger partial charge in [-0.2, -0.15) is 0 Å². The van der Waals surface area contributed by atoms with Crippen LogP contribution in [0.3, 0.4) is 0 Å². The predicted octanol–water partition coefficient (Wildman–Crippen LogP) is 2.72. The van der Waals surface area contributed by atoms with Gasteiger partial charge in [-0.25, -0.2) is 0 Å². The Morgan fingerprint density at radius 1 is 1.12 bits per heavy atom. The van der Waals surface area contributed by atoms with Gasteiger partial charge < -0.3 is 14.4 Å². The summed E-state index contributed by atoms with van der Waals surface area (Å²) < 4.78 is 5.47. The van der Waals surface area contributed by atoms with E-state index in [4.69, 9.17) is 9.52 Å². The van der Waals surface area contributed by atoms with E-state index in [0.29, 0.717) is 12.3 Å². The molecule has 0 aliphatic heterocycles. The monoisotopic (exact) mass is 231 g/mol. The zero-order chi connectivity index (χ0) is 12.3. The second kappa shape index (κ2) is 5.06. The van der Waals surface area contributed by atoms with E-state index in [1.807, 2.05) is 25.2 Å². The fourth-order valence-electron chi connectivity index (χ4n) is 1.90. The van der Waals surface area contributed by atoms with E-state index in [1.54, 1.807) is 6.07 Å². The third-order valence-corrected chi connectivity index (χ3v) is 2.79. The minimum Gasteiger partial charge on any atom is -0.462 e. The molecule has 0 saturated heterocycles. The van der Waals surface area contributed by atoms with Crippen molar-refractivity contribution in [2.75, 3.05) is 11.9 Å². The van der Waals surface area contributed by atoms with Crippen LogP contribution < -0.4 is 4.90 Å². The average molecular weight is 231 g/mol. The molecule has 0 atom stereocenters.